The monoisotopic (exact) mass is 299 g/mol. The van der Waals surface area contributed by atoms with Crippen molar-refractivity contribution in [2.24, 2.45) is 12.9 Å². The molecule has 22 heavy (non-hydrogen) atoms. The molecule has 0 aliphatic heterocycles. The van der Waals surface area contributed by atoms with Crippen LogP contribution in [0.15, 0.2) is 42.7 Å². The van der Waals surface area contributed by atoms with Crippen molar-refractivity contribution in [3.05, 3.63) is 48.7 Å². The normalized spacial score (nSPS) is 10.5. The highest BCUT2D eigenvalue weighted by atomic mass is 19.1. The van der Waals surface area contributed by atoms with Crippen LogP contribution in [0.5, 0.6) is 0 Å². The van der Waals surface area contributed by atoms with Gasteiger partial charge in [0, 0.05) is 25.4 Å². The lowest BCUT2D eigenvalue weighted by molar-refractivity contribution is 0.586. The molecule has 0 amide bonds. The SMILES string of the molecule is Cn1nccc1Nc1cc(-c2cc(F)nc(NN)c2)ccn1. The molecule has 4 N–H and O–H groups in total. The Bertz CT molecular complexity index is 799. The van der Waals surface area contributed by atoms with E-state index in [0.29, 0.717) is 11.4 Å². The molecule has 0 spiro atoms. The van der Waals surface area contributed by atoms with Crippen LogP contribution < -0.4 is 16.6 Å². The minimum Gasteiger partial charge on any atom is -0.325 e. The van der Waals surface area contributed by atoms with Gasteiger partial charge in [0.05, 0.1) is 6.20 Å². The van der Waals surface area contributed by atoms with E-state index >= 15 is 0 Å². The van der Waals surface area contributed by atoms with Gasteiger partial charge in [-0.2, -0.15) is 9.49 Å². The lowest BCUT2D eigenvalue weighted by atomic mass is 10.1. The number of aryl methyl sites for hydroxylation is 1. The summed E-state index contributed by atoms with van der Waals surface area (Å²) in [6.07, 6.45) is 3.32. The van der Waals surface area contributed by atoms with Crippen molar-refractivity contribution in [1.82, 2.24) is 19.7 Å². The van der Waals surface area contributed by atoms with Crippen molar-refractivity contribution in [1.29, 1.82) is 0 Å². The molecule has 0 fully saturated rings. The number of nitrogen functional groups attached to an aromatic ring is 1. The highest BCUT2D eigenvalue weighted by molar-refractivity contribution is 5.69. The van der Waals surface area contributed by atoms with Gasteiger partial charge in [0.1, 0.15) is 17.5 Å². The second-order valence-corrected chi connectivity index (χ2v) is 4.60. The number of nitrogens with two attached hydrogens (primary N) is 1. The van der Waals surface area contributed by atoms with Crippen LogP contribution in [0.1, 0.15) is 0 Å². The van der Waals surface area contributed by atoms with Crippen LogP contribution >= 0.6 is 0 Å². The molecule has 0 aliphatic carbocycles. The summed E-state index contributed by atoms with van der Waals surface area (Å²) in [4.78, 5) is 7.87. The van der Waals surface area contributed by atoms with E-state index in [1.165, 1.54) is 6.07 Å². The van der Waals surface area contributed by atoms with Crippen molar-refractivity contribution in [2.75, 3.05) is 10.7 Å². The van der Waals surface area contributed by atoms with Gasteiger partial charge in [-0.25, -0.2) is 15.8 Å². The van der Waals surface area contributed by atoms with Gasteiger partial charge in [-0.1, -0.05) is 0 Å². The Morgan fingerprint density at radius 1 is 1.09 bits per heavy atom. The molecule has 0 unspecified atom stereocenters. The topological polar surface area (TPSA) is 93.7 Å². The molecule has 8 heteroatoms. The van der Waals surface area contributed by atoms with Crippen LogP contribution in [0.4, 0.5) is 21.8 Å². The van der Waals surface area contributed by atoms with E-state index in [1.54, 1.807) is 29.2 Å². The molecule has 0 saturated heterocycles. The summed E-state index contributed by atoms with van der Waals surface area (Å²) in [5.74, 6) is 6.36. The first kappa shape index (κ1) is 14.0. The van der Waals surface area contributed by atoms with Gasteiger partial charge < -0.3 is 10.7 Å². The summed E-state index contributed by atoms with van der Waals surface area (Å²) in [7, 11) is 1.82. The first-order valence-corrected chi connectivity index (χ1v) is 6.51. The Labute approximate surface area is 126 Å². The van der Waals surface area contributed by atoms with E-state index in [-0.39, 0.29) is 5.82 Å². The molecule has 3 aromatic heterocycles. The standard InChI is InChI=1S/C14H14FN7/c1-22-14(3-5-18-22)20-12-7-9(2-4-17-12)10-6-11(15)19-13(8-10)21-16/h2-8H,16H2,1H3,(H,17,20)(H,19,21). The molecule has 0 aromatic carbocycles. The van der Waals surface area contributed by atoms with Crippen LogP contribution in [0.3, 0.4) is 0 Å². The van der Waals surface area contributed by atoms with E-state index in [0.717, 1.165) is 11.4 Å². The van der Waals surface area contributed by atoms with Crippen LogP contribution in [0.25, 0.3) is 11.1 Å². The highest BCUT2D eigenvalue weighted by Crippen LogP contribution is 2.25. The average molecular weight is 299 g/mol. The number of hydrazine groups is 1. The van der Waals surface area contributed by atoms with Gasteiger partial charge in [0.15, 0.2) is 0 Å². The second kappa shape index (κ2) is 5.78. The van der Waals surface area contributed by atoms with Crippen LogP contribution in [-0.2, 0) is 7.05 Å². The van der Waals surface area contributed by atoms with Gasteiger partial charge in [0.2, 0.25) is 5.95 Å². The number of halogens is 1. The minimum absolute atomic E-state index is 0.257. The third-order valence-electron chi connectivity index (χ3n) is 3.11. The fourth-order valence-corrected chi connectivity index (χ4v) is 2.04. The predicted octanol–water partition coefficient (Wildman–Crippen LogP) is 2.05. The summed E-state index contributed by atoms with van der Waals surface area (Å²) < 4.78 is 15.2. The van der Waals surface area contributed by atoms with Crippen molar-refractivity contribution in [2.45, 2.75) is 0 Å². The summed E-state index contributed by atoms with van der Waals surface area (Å²) >= 11 is 0. The summed E-state index contributed by atoms with van der Waals surface area (Å²) in [6.45, 7) is 0. The largest absolute Gasteiger partial charge is 0.325 e. The smallest absolute Gasteiger partial charge is 0.215 e. The molecule has 3 rings (SSSR count). The number of aromatic nitrogens is 4. The molecule has 0 radical (unpaired) electrons. The quantitative estimate of drug-likeness (QED) is 0.388. The van der Waals surface area contributed by atoms with Gasteiger partial charge >= 0.3 is 0 Å². The van der Waals surface area contributed by atoms with E-state index in [4.69, 9.17) is 5.84 Å². The number of pyridine rings is 2. The molecule has 0 aliphatic rings. The Hall–Kier alpha value is -3.00. The van der Waals surface area contributed by atoms with Crippen LogP contribution in [0, 0.1) is 5.95 Å². The fraction of sp³-hybridized carbons (Fsp3) is 0.0714. The lowest BCUT2D eigenvalue weighted by Crippen LogP contribution is -2.09. The molecule has 3 heterocycles. The minimum atomic E-state index is -0.608. The Kier molecular flexibility index (Phi) is 3.67. The zero-order valence-electron chi connectivity index (χ0n) is 11.8. The first-order chi connectivity index (χ1) is 10.7. The maximum absolute atomic E-state index is 13.5. The van der Waals surface area contributed by atoms with Crippen molar-refractivity contribution in [3.8, 4) is 11.1 Å². The molecule has 0 atom stereocenters. The Morgan fingerprint density at radius 3 is 2.64 bits per heavy atom. The number of rotatable bonds is 4. The Balaban J connectivity index is 1.94. The molecule has 3 aromatic rings. The average Bonchev–Trinajstić information content (AvgIpc) is 2.92. The summed E-state index contributed by atoms with van der Waals surface area (Å²) in [5, 5.41) is 7.22. The van der Waals surface area contributed by atoms with Crippen LogP contribution in [-0.4, -0.2) is 19.7 Å². The van der Waals surface area contributed by atoms with Crippen molar-refractivity contribution in [3.63, 3.8) is 0 Å². The summed E-state index contributed by atoms with van der Waals surface area (Å²) in [6, 6.07) is 8.42. The lowest BCUT2D eigenvalue weighted by Gasteiger charge is -2.09. The molecule has 0 bridgehead atoms. The van der Waals surface area contributed by atoms with E-state index in [2.05, 4.69) is 25.8 Å². The van der Waals surface area contributed by atoms with Crippen molar-refractivity contribution >= 4 is 17.5 Å². The van der Waals surface area contributed by atoms with Crippen LogP contribution in [0.2, 0.25) is 0 Å². The third kappa shape index (κ3) is 2.86. The second-order valence-electron chi connectivity index (χ2n) is 4.60. The van der Waals surface area contributed by atoms with Crippen molar-refractivity contribution < 1.29 is 4.39 Å². The van der Waals surface area contributed by atoms with E-state index < -0.39 is 5.95 Å². The number of nitrogens with one attached hydrogen (secondary N) is 2. The number of hydrogen-bond donors (Lipinski definition) is 3. The van der Waals surface area contributed by atoms with E-state index in [1.807, 2.05) is 19.2 Å². The molecule has 112 valence electrons. The summed E-state index contributed by atoms with van der Waals surface area (Å²) in [5.41, 5.74) is 3.78. The zero-order chi connectivity index (χ0) is 15.5. The first-order valence-electron chi connectivity index (χ1n) is 6.51. The highest BCUT2D eigenvalue weighted by Gasteiger charge is 2.06. The molecule has 7 nitrogen and oxygen atoms in total. The predicted molar refractivity (Wildman–Crippen MR) is 81.7 cm³/mol. The fourth-order valence-electron chi connectivity index (χ4n) is 2.04. The number of hydrogen-bond acceptors (Lipinski definition) is 6. The molecule has 0 saturated carbocycles. The number of nitrogens with zero attached hydrogens (tertiary/aromatic N) is 4. The third-order valence-corrected chi connectivity index (χ3v) is 3.11. The van der Waals surface area contributed by atoms with Gasteiger partial charge in [-0.15, -0.1) is 0 Å². The zero-order valence-corrected chi connectivity index (χ0v) is 11.8. The molecular formula is C14H14FN7. The number of anilines is 3. The van der Waals surface area contributed by atoms with Gasteiger partial charge in [0.25, 0.3) is 0 Å². The van der Waals surface area contributed by atoms with Gasteiger partial charge in [-0.05, 0) is 29.3 Å². The van der Waals surface area contributed by atoms with Gasteiger partial charge in [-0.3, -0.25) is 4.68 Å². The molecular weight excluding hydrogens is 285 g/mol. The maximum Gasteiger partial charge on any atom is 0.215 e. The van der Waals surface area contributed by atoms with E-state index in [9.17, 15) is 4.39 Å². The maximum atomic E-state index is 13.5. The Morgan fingerprint density at radius 2 is 1.91 bits per heavy atom.